The number of hydrogen-bond acceptors (Lipinski definition) is 1. The third kappa shape index (κ3) is 1.06. The number of rotatable bonds is 0. The second-order valence-electron chi connectivity index (χ2n) is 4.09. The zero-order valence-corrected chi connectivity index (χ0v) is 7.90. The van der Waals surface area contributed by atoms with Crippen LogP contribution in [0.5, 0.6) is 0 Å². The second kappa shape index (κ2) is 2.76. The molecular formula is C12H15N. The van der Waals surface area contributed by atoms with E-state index in [0.717, 1.165) is 13.0 Å². The highest BCUT2D eigenvalue weighted by Crippen LogP contribution is 2.39. The van der Waals surface area contributed by atoms with Gasteiger partial charge in [0.1, 0.15) is 0 Å². The highest BCUT2D eigenvalue weighted by Gasteiger charge is 2.24. The van der Waals surface area contributed by atoms with E-state index in [0.29, 0.717) is 0 Å². The van der Waals surface area contributed by atoms with Crippen molar-refractivity contribution in [2.24, 2.45) is 0 Å². The van der Waals surface area contributed by atoms with Gasteiger partial charge in [-0.3, -0.25) is 0 Å². The summed E-state index contributed by atoms with van der Waals surface area (Å²) >= 11 is 0. The minimum Gasteiger partial charge on any atom is -0.384 e. The van der Waals surface area contributed by atoms with Crippen LogP contribution >= 0.6 is 0 Å². The fourth-order valence-electron chi connectivity index (χ4n) is 2.72. The lowest BCUT2D eigenvalue weighted by atomic mass is 9.80. The molecule has 0 atom stereocenters. The molecular weight excluding hydrogens is 158 g/mol. The Hall–Kier alpha value is -0.980. The Morgan fingerprint density at radius 3 is 3.08 bits per heavy atom. The molecule has 0 saturated heterocycles. The Morgan fingerprint density at radius 1 is 1.08 bits per heavy atom. The summed E-state index contributed by atoms with van der Waals surface area (Å²) in [5.41, 5.74) is 6.34. The lowest BCUT2D eigenvalue weighted by Gasteiger charge is -2.32. The molecule has 0 amide bonds. The van der Waals surface area contributed by atoms with Crippen LogP contribution < -0.4 is 5.32 Å². The Morgan fingerprint density at radius 2 is 2.08 bits per heavy atom. The third-order valence-corrected chi connectivity index (χ3v) is 3.30. The number of allylic oxidation sites excluding steroid dienone is 3. The van der Waals surface area contributed by atoms with Crippen molar-refractivity contribution in [1.82, 2.24) is 5.32 Å². The summed E-state index contributed by atoms with van der Waals surface area (Å²) in [5.74, 6) is 0. The van der Waals surface area contributed by atoms with Gasteiger partial charge in [0.2, 0.25) is 0 Å². The summed E-state index contributed by atoms with van der Waals surface area (Å²) < 4.78 is 0. The van der Waals surface area contributed by atoms with Gasteiger partial charge in [0.25, 0.3) is 0 Å². The van der Waals surface area contributed by atoms with E-state index in [1.807, 2.05) is 0 Å². The zero-order valence-electron chi connectivity index (χ0n) is 7.90. The van der Waals surface area contributed by atoms with Crippen LogP contribution in [0.3, 0.4) is 0 Å². The monoisotopic (exact) mass is 173 g/mol. The average Bonchev–Trinajstić information content (AvgIpc) is 2.19. The van der Waals surface area contributed by atoms with Crippen LogP contribution in [-0.4, -0.2) is 6.54 Å². The molecule has 13 heavy (non-hydrogen) atoms. The lowest BCUT2D eigenvalue weighted by molar-refractivity contribution is 0.649. The van der Waals surface area contributed by atoms with Gasteiger partial charge < -0.3 is 5.32 Å². The molecule has 1 heterocycles. The van der Waals surface area contributed by atoms with Crippen LogP contribution in [0, 0.1) is 0 Å². The van der Waals surface area contributed by atoms with Gasteiger partial charge in [0, 0.05) is 12.2 Å². The lowest BCUT2D eigenvalue weighted by Crippen LogP contribution is -2.27. The maximum Gasteiger partial charge on any atom is 0.0378 e. The largest absolute Gasteiger partial charge is 0.384 e. The topological polar surface area (TPSA) is 12.0 Å². The van der Waals surface area contributed by atoms with Gasteiger partial charge in [-0.1, -0.05) is 17.7 Å². The van der Waals surface area contributed by atoms with Crippen molar-refractivity contribution in [3.8, 4) is 0 Å². The molecule has 0 fully saturated rings. The van der Waals surface area contributed by atoms with E-state index in [1.54, 1.807) is 16.7 Å². The summed E-state index contributed by atoms with van der Waals surface area (Å²) in [4.78, 5) is 0. The molecule has 0 aromatic rings. The van der Waals surface area contributed by atoms with Crippen LogP contribution in [-0.2, 0) is 0 Å². The zero-order chi connectivity index (χ0) is 8.67. The molecule has 0 unspecified atom stereocenters. The van der Waals surface area contributed by atoms with Crippen molar-refractivity contribution in [3.63, 3.8) is 0 Å². The molecule has 68 valence electrons. The SMILES string of the molecule is C1=C2CCCC3=C2C(=CC1)NCC3. The maximum atomic E-state index is 3.51. The summed E-state index contributed by atoms with van der Waals surface area (Å²) in [7, 11) is 0. The molecule has 0 saturated carbocycles. The van der Waals surface area contributed by atoms with Gasteiger partial charge in [0.15, 0.2) is 0 Å². The second-order valence-corrected chi connectivity index (χ2v) is 4.09. The van der Waals surface area contributed by atoms with E-state index in [2.05, 4.69) is 17.5 Å². The Balaban J connectivity index is 2.14. The molecule has 1 heteroatoms. The molecule has 1 N–H and O–H groups in total. The fourth-order valence-corrected chi connectivity index (χ4v) is 2.72. The summed E-state index contributed by atoms with van der Waals surface area (Å²) in [5, 5.41) is 3.51. The maximum absolute atomic E-state index is 3.51. The smallest absolute Gasteiger partial charge is 0.0378 e. The Bertz CT molecular complexity index is 301. The molecule has 3 rings (SSSR count). The molecule has 1 nitrogen and oxygen atoms in total. The molecule has 1 aliphatic heterocycles. The van der Waals surface area contributed by atoms with Crippen molar-refractivity contribution in [3.05, 3.63) is 34.6 Å². The minimum absolute atomic E-state index is 1.13. The molecule has 0 aromatic heterocycles. The molecule has 0 bridgehead atoms. The molecule has 2 aliphatic carbocycles. The summed E-state index contributed by atoms with van der Waals surface area (Å²) in [6.45, 7) is 1.15. The van der Waals surface area contributed by atoms with Crippen LogP contribution in [0.15, 0.2) is 34.6 Å². The number of nitrogens with one attached hydrogen (secondary N) is 1. The average molecular weight is 173 g/mol. The van der Waals surface area contributed by atoms with Gasteiger partial charge in [-0.05, 0) is 43.3 Å². The quantitative estimate of drug-likeness (QED) is 0.594. The van der Waals surface area contributed by atoms with E-state index in [1.165, 1.54) is 31.4 Å². The van der Waals surface area contributed by atoms with Crippen molar-refractivity contribution in [2.45, 2.75) is 32.1 Å². The van der Waals surface area contributed by atoms with Crippen LogP contribution in [0.25, 0.3) is 0 Å². The van der Waals surface area contributed by atoms with Crippen molar-refractivity contribution in [2.75, 3.05) is 6.54 Å². The Labute approximate surface area is 79.2 Å². The summed E-state index contributed by atoms with van der Waals surface area (Å²) in [6.07, 6.45) is 11.2. The first-order valence-corrected chi connectivity index (χ1v) is 5.31. The van der Waals surface area contributed by atoms with Crippen LogP contribution in [0.1, 0.15) is 32.1 Å². The van der Waals surface area contributed by atoms with Crippen LogP contribution in [0.2, 0.25) is 0 Å². The van der Waals surface area contributed by atoms with Crippen molar-refractivity contribution >= 4 is 0 Å². The fraction of sp³-hybridized carbons (Fsp3) is 0.500. The van der Waals surface area contributed by atoms with Crippen molar-refractivity contribution in [1.29, 1.82) is 0 Å². The highest BCUT2D eigenvalue weighted by molar-refractivity contribution is 5.54. The van der Waals surface area contributed by atoms with E-state index in [9.17, 15) is 0 Å². The minimum atomic E-state index is 1.13. The first kappa shape index (κ1) is 7.43. The normalized spacial score (nSPS) is 25.8. The summed E-state index contributed by atoms with van der Waals surface area (Å²) in [6, 6.07) is 0. The van der Waals surface area contributed by atoms with E-state index >= 15 is 0 Å². The highest BCUT2D eigenvalue weighted by atomic mass is 14.9. The first-order valence-electron chi connectivity index (χ1n) is 5.31. The van der Waals surface area contributed by atoms with Gasteiger partial charge in [-0.15, -0.1) is 0 Å². The van der Waals surface area contributed by atoms with E-state index in [4.69, 9.17) is 0 Å². The van der Waals surface area contributed by atoms with Gasteiger partial charge in [0.05, 0.1) is 0 Å². The molecule has 0 aromatic carbocycles. The molecule has 0 spiro atoms. The Kier molecular flexibility index (Phi) is 1.58. The number of hydrogen-bond donors (Lipinski definition) is 1. The predicted molar refractivity (Wildman–Crippen MR) is 54.3 cm³/mol. The van der Waals surface area contributed by atoms with Gasteiger partial charge in [-0.2, -0.15) is 0 Å². The van der Waals surface area contributed by atoms with E-state index < -0.39 is 0 Å². The van der Waals surface area contributed by atoms with Crippen LogP contribution in [0.4, 0.5) is 0 Å². The standard InChI is InChI=1S/C12H15N/c1-3-9-5-2-6-11-12(9)10(4-1)7-8-13-11/h5-6,13H,1-4,7-8H2. The predicted octanol–water partition coefficient (Wildman–Crippen LogP) is 2.67. The molecule has 0 radical (unpaired) electrons. The van der Waals surface area contributed by atoms with Crippen molar-refractivity contribution < 1.29 is 0 Å². The first-order chi connectivity index (χ1) is 6.45. The third-order valence-electron chi connectivity index (χ3n) is 3.30. The van der Waals surface area contributed by atoms with Gasteiger partial charge >= 0.3 is 0 Å². The van der Waals surface area contributed by atoms with Gasteiger partial charge in [-0.25, -0.2) is 0 Å². The van der Waals surface area contributed by atoms with E-state index in [-0.39, 0.29) is 0 Å². The molecule has 3 aliphatic rings.